The largest absolute Gasteiger partial charge is 0.340 e. The number of aromatic nitrogens is 1. The van der Waals surface area contributed by atoms with Gasteiger partial charge >= 0.3 is 0 Å². The summed E-state index contributed by atoms with van der Waals surface area (Å²) in [5, 5.41) is 5.26. The maximum atomic E-state index is 13.4. The number of halogens is 1. The van der Waals surface area contributed by atoms with Gasteiger partial charge in [0.15, 0.2) is 0 Å². The number of carbonyl (C=O) groups excluding carboxylic acids is 3. The summed E-state index contributed by atoms with van der Waals surface area (Å²) < 4.78 is 36.9. The lowest BCUT2D eigenvalue weighted by molar-refractivity contribution is -0.135. The molecule has 11 heteroatoms. The molecule has 0 unspecified atom stereocenters. The second-order valence-corrected chi connectivity index (χ2v) is 12.5. The number of rotatable bonds is 10. The summed E-state index contributed by atoms with van der Waals surface area (Å²) in [6.07, 6.45) is 3.48. The van der Waals surface area contributed by atoms with Gasteiger partial charge in [-0.15, -0.1) is 0 Å². The molecule has 5 rings (SSSR count). The Kier molecular flexibility index (Phi) is 8.55. The second kappa shape index (κ2) is 12.3. The highest BCUT2D eigenvalue weighted by atomic mass is 32.2. The second-order valence-electron chi connectivity index (χ2n) is 10.4. The van der Waals surface area contributed by atoms with Crippen LogP contribution in [0.2, 0.25) is 0 Å². The number of hydrogen-bond donors (Lipinski definition) is 2. The lowest BCUT2D eigenvalue weighted by Gasteiger charge is -2.30. The van der Waals surface area contributed by atoms with Gasteiger partial charge in [0.1, 0.15) is 11.9 Å². The maximum Gasteiger partial charge on any atom is 0.265 e. The number of carbonyl (C=O) groups is 3. The summed E-state index contributed by atoms with van der Waals surface area (Å²) in [7, 11) is -3.86. The molecule has 1 aliphatic carbocycles. The summed E-state index contributed by atoms with van der Waals surface area (Å²) in [6, 6.07) is 18.2. The third-order valence-electron chi connectivity index (χ3n) is 7.48. The molecule has 3 aromatic rings. The molecule has 2 aromatic carbocycles. The Labute approximate surface area is 238 Å². The molecule has 1 aromatic heterocycles. The van der Waals surface area contributed by atoms with Crippen LogP contribution in [-0.2, 0) is 19.4 Å². The number of sulfone groups is 1. The molecule has 2 fully saturated rings. The molecule has 0 bridgehead atoms. The molecule has 1 saturated heterocycles. The minimum atomic E-state index is -3.86. The van der Waals surface area contributed by atoms with E-state index in [2.05, 4.69) is 15.6 Å². The maximum absolute atomic E-state index is 13.4. The smallest absolute Gasteiger partial charge is 0.265 e. The van der Waals surface area contributed by atoms with E-state index in [9.17, 15) is 27.2 Å². The number of pyridine rings is 1. The molecule has 1 saturated carbocycles. The van der Waals surface area contributed by atoms with Crippen molar-refractivity contribution < 1.29 is 27.2 Å². The quantitative estimate of drug-likeness (QED) is 0.355. The van der Waals surface area contributed by atoms with E-state index in [4.69, 9.17) is 0 Å². The molecule has 214 valence electrons. The first kappa shape index (κ1) is 28.6. The predicted octanol–water partition coefficient (Wildman–Crippen LogP) is 2.70. The fraction of sp³-hybridized carbons (Fsp3) is 0.333. The normalized spacial score (nSPS) is 20.3. The van der Waals surface area contributed by atoms with Crippen molar-refractivity contribution in [2.75, 3.05) is 25.4 Å². The van der Waals surface area contributed by atoms with E-state index in [1.54, 1.807) is 42.6 Å². The monoisotopic (exact) mass is 578 g/mol. The zero-order valence-corrected chi connectivity index (χ0v) is 23.1. The highest BCUT2D eigenvalue weighted by molar-refractivity contribution is 8.06. The van der Waals surface area contributed by atoms with Crippen molar-refractivity contribution >= 4 is 26.8 Å². The van der Waals surface area contributed by atoms with Crippen LogP contribution in [0.5, 0.6) is 0 Å². The third-order valence-corrected chi connectivity index (χ3v) is 9.03. The van der Waals surface area contributed by atoms with Crippen LogP contribution >= 0.6 is 0 Å². The number of benzene rings is 2. The van der Waals surface area contributed by atoms with Gasteiger partial charge in [-0.1, -0.05) is 30.3 Å². The van der Waals surface area contributed by atoms with Crippen LogP contribution in [-0.4, -0.2) is 72.7 Å². The highest BCUT2D eigenvalue weighted by Gasteiger charge is 2.38. The topological polar surface area (TPSA) is 126 Å². The number of hydrogen-bond acceptors (Lipinski definition) is 7. The van der Waals surface area contributed by atoms with Gasteiger partial charge in [0.2, 0.25) is 15.7 Å². The van der Waals surface area contributed by atoms with Crippen molar-refractivity contribution in [1.82, 2.24) is 20.5 Å². The molecule has 41 heavy (non-hydrogen) atoms. The molecule has 3 atom stereocenters. The van der Waals surface area contributed by atoms with Crippen LogP contribution < -0.4 is 10.6 Å². The lowest BCUT2D eigenvalue weighted by atomic mass is 10.1. The van der Waals surface area contributed by atoms with Gasteiger partial charge in [-0.2, -0.15) is 0 Å². The van der Waals surface area contributed by atoms with Gasteiger partial charge in [0.05, 0.1) is 18.0 Å². The van der Waals surface area contributed by atoms with Crippen LogP contribution in [0.3, 0.4) is 0 Å². The summed E-state index contributed by atoms with van der Waals surface area (Å²) in [6.45, 7) is -0.0300. The molecule has 0 radical (unpaired) electrons. The molecular weight excluding hydrogens is 547 g/mol. The summed E-state index contributed by atoms with van der Waals surface area (Å²) in [5.41, 5.74) is 3.04. The van der Waals surface area contributed by atoms with Gasteiger partial charge in [-0.05, 0) is 67.8 Å². The van der Waals surface area contributed by atoms with Crippen molar-refractivity contribution in [2.45, 2.75) is 37.3 Å². The first-order chi connectivity index (χ1) is 19.7. The minimum absolute atomic E-state index is 0.0995. The average Bonchev–Trinajstić information content (AvgIpc) is 3.76. The minimum Gasteiger partial charge on any atom is -0.340 e. The van der Waals surface area contributed by atoms with E-state index >= 15 is 0 Å². The zero-order chi connectivity index (χ0) is 29.0. The third kappa shape index (κ3) is 7.04. The first-order valence-corrected chi connectivity index (χ1v) is 15.2. The van der Waals surface area contributed by atoms with E-state index in [0.29, 0.717) is 30.9 Å². The lowest BCUT2D eigenvalue weighted by Crippen LogP contribution is -2.54. The van der Waals surface area contributed by atoms with Crippen LogP contribution in [0.25, 0.3) is 11.3 Å². The molecule has 2 amide bonds. The Morgan fingerprint density at radius 3 is 2.49 bits per heavy atom. The van der Waals surface area contributed by atoms with Crippen LogP contribution in [0.4, 0.5) is 4.39 Å². The van der Waals surface area contributed by atoms with Gasteiger partial charge in [0, 0.05) is 35.8 Å². The van der Waals surface area contributed by atoms with Crippen molar-refractivity contribution in [1.29, 1.82) is 0 Å². The van der Waals surface area contributed by atoms with Gasteiger partial charge in [-0.3, -0.25) is 19.4 Å². The molecule has 9 nitrogen and oxygen atoms in total. The van der Waals surface area contributed by atoms with Crippen LogP contribution in [0.1, 0.15) is 41.1 Å². The average molecular weight is 579 g/mol. The predicted molar refractivity (Wildman–Crippen MR) is 151 cm³/mol. The Morgan fingerprint density at radius 1 is 1.05 bits per heavy atom. The molecular formula is C30H31FN4O5S. The Morgan fingerprint density at radius 2 is 1.80 bits per heavy atom. The summed E-state index contributed by atoms with van der Waals surface area (Å²) in [4.78, 5) is 44.1. The van der Waals surface area contributed by atoms with Crippen molar-refractivity contribution in [3.05, 3.63) is 89.9 Å². The molecule has 0 spiro atoms. The summed E-state index contributed by atoms with van der Waals surface area (Å²) >= 11 is 0. The fourth-order valence-electron chi connectivity index (χ4n) is 5.00. The van der Waals surface area contributed by atoms with Crippen molar-refractivity contribution in [3.63, 3.8) is 0 Å². The number of nitrogens with zero attached hydrogens (tertiary/aromatic N) is 2. The molecule has 2 N–H and O–H groups in total. The van der Waals surface area contributed by atoms with Crippen LogP contribution in [0.15, 0.2) is 72.9 Å². The zero-order valence-electron chi connectivity index (χ0n) is 22.3. The Hall–Kier alpha value is -3.96. The van der Waals surface area contributed by atoms with E-state index < -0.39 is 45.1 Å². The summed E-state index contributed by atoms with van der Waals surface area (Å²) in [5.74, 6) is -1.32. The molecule has 1 aliphatic heterocycles. The van der Waals surface area contributed by atoms with Crippen molar-refractivity contribution in [2.24, 2.45) is 0 Å². The highest BCUT2D eigenvalue weighted by Crippen LogP contribution is 2.40. The van der Waals surface area contributed by atoms with Gasteiger partial charge in [0.25, 0.3) is 11.0 Å². The van der Waals surface area contributed by atoms with Gasteiger partial charge < -0.3 is 15.5 Å². The fourth-order valence-corrected chi connectivity index (χ4v) is 6.04. The van der Waals surface area contributed by atoms with Crippen LogP contribution in [0, 0.1) is 5.82 Å². The number of nitrogens with one attached hydrogen (secondary N) is 2. The van der Waals surface area contributed by atoms with E-state index in [1.165, 1.54) is 17.0 Å². The molecule has 2 heterocycles. The van der Waals surface area contributed by atoms with E-state index in [-0.39, 0.29) is 18.4 Å². The van der Waals surface area contributed by atoms with E-state index in [0.717, 1.165) is 23.2 Å². The van der Waals surface area contributed by atoms with Crippen molar-refractivity contribution in [3.8, 4) is 11.3 Å². The first-order valence-electron chi connectivity index (χ1n) is 13.6. The van der Waals surface area contributed by atoms with Gasteiger partial charge in [-0.25, -0.2) is 12.8 Å². The molecule has 2 aliphatic rings. The Balaban J connectivity index is 1.20. The van der Waals surface area contributed by atoms with E-state index in [1.807, 2.05) is 18.2 Å². The Bertz CT molecular complexity index is 1510. The standard InChI is InChI=1S/C30H31FN4O5S/c31-23-12-10-20(11-13-23)24-18-27(24)33-15-3-5-26(30(38)35-16-17-41(39,40)28(36)19-35)34-29(37)22-8-6-21(7-9-22)25-4-1-2-14-32-25/h1-2,4,6-14,24,26-27,33H,3,5,15-19H2,(H,34,37)/t24-,26-,27+/m0/s1. The number of amides is 2. The SMILES string of the molecule is O=C(N[C@@H](CCCN[C@@H]1C[C@H]1c1ccc(F)cc1)C(=O)N1CCS(=O)(=O)C(=O)C1)c1ccc(-c2ccccn2)cc1.